The van der Waals surface area contributed by atoms with Crippen molar-refractivity contribution in [3.05, 3.63) is 59.9 Å². The number of amides is 1. The van der Waals surface area contributed by atoms with Gasteiger partial charge in [0.2, 0.25) is 5.13 Å². The highest BCUT2D eigenvalue weighted by Crippen LogP contribution is 2.31. The summed E-state index contributed by atoms with van der Waals surface area (Å²) in [4.78, 5) is 14.5. The molecule has 27 heavy (non-hydrogen) atoms. The highest BCUT2D eigenvalue weighted by atomic mass is 32.1. The molecule has 0 fully saturated rings. The zero-order valence-electron chi connectivity index (χ0n) is 15.3. The number of ether oxygens (including phenoxy) is 1. The van der Waals surface area contributed by atoms with Crippen LogP contribution in [0.4, 0.5) is 9.52 Å². The van der Waals surface area contributed by atoms with Crippen molar-refractivity contribution in [3.63, 3.8) is 0 Å². The Hall–Kier alpha value is -2.80. The lowest BCUT2D eigenvalue weighted by atomic mass is 10.1. The maximum absolute atomic E-state index is 13.2. The second-order valence-corrected chi connectivity index (χ2v) is 7.39. The third kappa shape index (κ3) is 4.49. The van der Waals surface area contributed by atoms with Crippen LogP contribution in [0.25, 0.3) is 10.6 Å². The summed E-state index contributed by atoms with van der Waals surface area (Å²) >= 11 is 1.34. The minimum Gasteiger partial charge on any atom is -0.497 e. The summed E-state index contributed by atoms with van der Waals surface area (Å²) < 4.78 is 18.3. The summed E-state index contributed by atoms with van der Waals surface area (Å²) in [5.41, 5.74) is 1.32. The number of carbonyl (C=O) groups is 1. The highest BCUT2D eigenvalue weighted by Gasteiger charge is 2.23. The third-order valence-corrected chi connectivity index (χ3v) is 4.86. The Morgan fingerprint density at radius 1 is 1.11 bits per heavy atom. The molecule has 0 bridgehead atoms. The van der Waals surface area contributed by atoms with Crippen LogP contribution in [0.2, 0.25) is 0 Å². The molecule has 1 heterocycles. The minimum atomic E-state index is -0.375. The standard InChI is InChI=1S/C20H20FN3O2S/c1-13(2)12-24(19(25)15-4-8-16(21)9-5-15)20-23-22-18(27-20)14-6-10-17(26-3)11-7-14/h4-11,13H,12H2,1-3H3. The van der Waals surface area contributed by atoms with Crippen molar-refractivity contribution in [2.45, 2.75) is 13.8 Å². The largest absolute Gasteiger partial charge is 0.497 e. The van der Waals surface area contributed by atoms with Gasteiger partial charge in [-0.2, -0.15) is 0 Å². The quantitative estimate of drug-likeness (QED) is 0.619. The SMILES string of the molecule is COc1ccc(-c2nnc(N(CC(C)C)C(=O)c3ccc(F)cc3)s2)cc1. The Bertz CT molecular complexity index is 908. The van der Waals surface area contributed by atoms with Gasteiger partial charge in [0, 0.05) is 17.7 Å². The van der Waals surface area contributed by atoms with Crippen LogP contribution in [0.3, 0.4) is 0 Å². The third-order valence-electron chi connectivity index (χ3n) is 3.87. The summed E-state index contributed by atoms with van der Waals surface area (Å²) in [5.74, 6) is 0.403. The van der Waals surface area contributed by atoms with Gasteiger partial charge < -0.3 is 4.74 Å². The van der Waals surface area contributed by atoms with Crippen LogP contribution < -0.4 is 9.64 Å². The van der Waals surface area contributed by atoms with Crippen LogP contribution in [0.15, 0.2) is 48.5 Å². The summed E-state index contributed by atoms with van der Waals surface area (Å²) in [6, 6.07) is 13.0. The van der Waals surface area contributed by atoms with E-state index in [0.717, 1.165) is 11.3 Å². The molecule has 0 aliphatic carbocycles. The zero-order chi connectivity index (χ0) is 19.4. The number of nitrogens with zero attached hydrogens (tertiary/aromatic N) is 3. The van der Waals surface area contributed by atoms with Gasteiger partial charge in [0.25, 0.3) is 5.91 Å². The van der Waals surface area contributed by atoms with Crippen molar-refractivity contribution in [1.82, 2.24) is 10.2 Å². The molecule has 1 amide bonds. The maximum Gasteiger partial charge on any atom is 0.260 e. The number of hydrogen-bond donors (Lipinski definition) is 0. The molecule has 0 unspecified atom stereocenters. The topological polar surface area (TPSA) is 55.3 Å². The van der Waals surface area contributed by atoms with Gasteiger partial charge >= 0.3 is 0 Å². The Morgan fingerprint density at radius 2 is 1.78 bits per heavy atom. The summed E-state index contributed by atoms with van der Waals surface area (Å²) in [7, 11) is 1.61. The molecular weight excluding hydrogens is 365 g/mol. The first-order chi connectivity index (χ1) is 13.0. The molecule has 3 aromatic rings. The molecule has 0 radical (unpaired) electrons. The van der Waals surface area contributed by atoms with Gasteiger partial charge in [0.05, 0.1) is 7.11 Å². The number of hydrogen-bond acceptors (Lipinski definition) is 5. The molecule has 0 saturated heterocycles. The fourth-order valence-corrected chi connectivity index (χ4v) is 3.39. The summed E-state index contributed by atoms with van der Waals surface area (Å²) in [5, 5.41) is 9.69. The van der Waals surface area contributed by atoms with E-state index in [-0.39, 0.29) is 17.6 Å². The van der Waals surface area contributed by atoms with E-state index in [9.17, 15) is 9.18 Å². The van der Waals surface area contributed by atoms with Gasteiger partial charge in [-0.05, 0) is 54.4 Å². The molecule has 2 aromatic carbocycles. The van der Waals surface area contributed by atoms with E-state index in [4.69, 9.17) is 4.74 Å². The van der Waals surface area contributed by atoms with Crippen LogP contribution in [-0.4, -0.2) is 29.8 Å². The van der Waals surface area contributed by atoms with E-state index in [0.29, 0.717) is 22.2 Å². The highest BCUT2D eigenvalue weighted by molar-refractivity contribution is 7.18. The lowest BCUT2D eigenvalue weighted by molar-refractivity contribution is 0.0983. The van der Waals surface area contributed by atoms with Crippen molar-refractivity contribution in [3.8, 4) is 16.3 Å². The first-order valence-electron chi connectivity index (χ1n) is 8.53. The second kappa shape index (κ2) is 8.26. The van der Waals surface area contributed by atoms with Gasteiger partial charge in [0.15, 0.2) is 0 Å². The summed E-state index contributed by atoms with van der Waals surface area (Å²) in [6.07, 6.45) is 0. The lowest BCUT2D eigenvalue weighted by Crippen LogP contribution is -2.34. The molecule has 1 aromatic heterocycles. The lowest BCUT2D eigenvalue weighted by Gasteiger charge is -2.21. The molecular formula is C20H20FN3O2S. The molecule has 0 saturated carbocycles. The molecule has 7 heteroatoms. The van der Waals surface area contributed by atoms with Crippen LogP contribution in [-0.2, 0) is 0 Å². The van der Waals surface area contributed by atoms with Gasteiger partial charge in [0.1, 0.15) is 16.6 Å². The molecule has 5 nitrogen and oxygen atoms in total. The Kier molecular flexibility index (Phi) is 5.81. The minimum absolute atomic E-state index is 0.221. The molecule has 140 valence electrons. The Labute approximate surface area is 161 Å². The van der Waals surface area contributed by atoms with Crippen molar-refractivity contribution in [1.29, 1.82) is 0 Å². The molecule has 0 aliphatic rings. The van der Waals surface area contributed by atoms with Crippen LogP contribution in [0.1, 0.15) is 24.2 Å². The number of rotatable bonds is 6. The Morgan fingerprint density at radius 3 is 2.37 bits per heavy atom. The molecule has 0 aliphatic heterocycles. The number of aromatic nitrogens is 2. The average Bonchev–Trinajstić information content (AvgIpc) is 3.16. The smallest absolute Gasteiger partial charge is 0.260 e. The second-order valence-electron chi connectivity index (χ2n) is 6.43. The van der Waals surface area contributed by atoms with Gasteiger partial charge in [-0.15, -0.1) is 10.2 Å². The van der Waals surface area contributed by atoms with Crippen LogP contribution >= 0.6 is 11.3 Å². The van der Waals surface area contributed by atoms with Crippen LogP contribution in [0, 0.1) is 11.7 Å². The number of anilines is 1. The van der Waals surface area contributed by atoms with E-state index in [1.165, 1.54) is 35.6 Å². The van der Waals surface area contributed by atoms with E-state index in [2.05, 4.69) is 10.2 Å². The van der Waals surface area contributed by atoms with Gasteiger partial charge in [-0.25, -0.2) is 4.39 Å². The fourth-order valence-electron chi connectivity index (χ4n) is 2.54. The van der Waals surface area contributed by atoms with Crippen LogP contribution in [0.5, 0.6) is 5.75 Å². The van der Waals surface area contributed by atoms with E-state index in [1.807, 2.05) is 38.1 Å². The molecule has 0 atom stereocenters. The van der Waals surface area contributed by atoms with Gasteiger partial charge in [-0.3, -0.25) is 9.69 Å². The number of halogens is 1. The first kappa shape index (κ1) is 19.0. The number of benzene rings is 2. The van der Waals surface area contributed by atoms with Crippen molar-refractivity contribution < 1.29 is 13.9 Å². The molecule has 0 spiro atoms. The molecule has 3 rings (SSSR count). The first-order valence-corrected chi connectivity index (χ1v) is 9.35. The number of carbonyl (C=O) groups excluding carboxylic acids is 1. The van der Waals surface area contributed by atoms with E-state index in [1.54, 1.807) is 12.0 Å². The summed E-state index contributed by atoms with van der Waals surface area (Å²) in [6.45, 7) is 4.54. The number of methoxy groups -OCH3 is 1. The van der Waals surface area contributed by atoms with E-state index >= 15 is 0 Å². The van der Waals surface area contributed by atoms with Crippen molar-refractivity contribution >= 4 is 22.4 Å². The maximum atomic E-state index is 13.2. The van der Waals surface area contributed by atoms with Crippen molar-refractivity contribution in [2.24, 2.45) is 5.92 Å². The monoisotopic (exact) mass is 385 g/mol. The fraction of sp³-hybridized carbons (Fsp3) is 0.250. The predicted octanol–water partition coefficient (Wildman–Crippen LogP) is 4.66. The Balaban J connectivity index is 1.90. The average molecular weight is 385 g/mol. The van der Waals surface area contributed by atoms with E-state index < -0.39 is 0 Å². The van der Waals surface area contributed by atoms with Crippen molar-refractivity contribution in [2.75, 3.05) is 18.6 Å². The zero-order valence-corrected chi connectivity index (χ0v) is 16.2. The van der Waals surface area contributed by atoms with Gasteiger partial charge in [-0.1, -0.05) is 25.2 Å². The normalized spacial score (nSPS) is 10.9. The molecule has 0 N–H and O–H groups in total. The predicted molar refractivity (Wildman–Crippen MR) is 105 cm³/mol.